The highest BCUT2D eigenvalue weighted by Gasteiger charge is 2.41. The highest BCUT2D eigenvalue weighted by Crippen LogP contribution is 2.27. The first-order valence-corrected chi connectivity index (χ1v) is 11.9. The van der Waals surface area contributed by atoms with Crippen molar-refractivity contribution in [3.8, 4) is 0 Å². The van der Waals surface area contributed by atoms with Crippen molar-refractivity contribution in [3.63, 3.8) is 0 Å². The molecule has 0 aromatic heterocycles. The average Bonchev–Trinajstić information content (AvgIpc) is 3.56. The zero-order valence-corrected chi connectivity index (χ0v) is 21.4. The van der Waals surface area contributed by atoms with Crippen LogP contribution >= 0.6 is 24.0 Å². The number of hydrogen-bond acceptors (Lipinski definition) is 5. The van der Waals surface area contributed by atoms with Crippen LogP contribution in [0.4, 0.5) is 5.69 Å². The Morgan fingerprint density at radius 1 is 1.09 bits per heavy atom. The van der Waals surface area contributed by atoms with Gasteiger partial charge in [-0.1, -0.05) is 55.3 Å². The predicted octanol–water partition coefficient (Wildman–Crippen LogP) is 4.13. The lowest BCUT2D eigenvalue weighted by atomic mass is 10.0. The van der Waals surface area contributed by atoms with Crippen LogP contribution in [0.2, 0.25) is 0 Å². The quantitative estimate of drug-likeness (QED) is 0.466. The Morgan fingerprint density at radius 3 is 2.70 bits per heavy atom. The molecule has 1 saturated carbocycles. The Bertz CT molecular complexity index is 976. The molecule has 1 saturated heterocycles. The van der Waals surface area contributed by atoms with Gasteiger partial charge in [0.25, 0.3) is 0 Å². The van der Waals surface area contributed by atoms with Crippen LogP contribution in [0.5, 0.6) is 0 Å². The summed E-state index contributed by atoms with van der Waals surface area (Å²) in [6.07, 6.45) is 5.48. The molecule has 2 aromatic carbocycles. The van der Waals surface area contributed by atoms with Gasteiger partial charge in [0.2, 0.25) is 5.91 Å². The van der Waals surface area contributed by atoms with Crippen LogP contribution in [0.1, 0.15) is 43.2 Å². The lowest BCUT2D eigenvalue weighted by molar-refractivity contribution is -0.119. The number of carbonyl (C=O) groups excluding carboxylic acids is 1. The minimum absolute atomic E-state index is 0. The molecule has 176 valence electrons. The molecule has 2 fully saturated rings. The molecule has 0 bridgehead atoms. The van der Waals surface area contributed by atoms with Gasteiger partial charge in [0.1, 0.15) is 0 Å². The van der Waals surface area contributed by atoms with E-state index in [1.165, 1.54) is 18.4 Å². The van der Waals surface area contributed by atoms with E-state index >= 15 is 0 Å². The summed E-state index contributed by atoms with van der Waals surface area (Å²) in [5, 5.41) is 10.2. The maximum Gasteiger partial charge on any atom is 0.227 e. The summed E-state index contributed by atoms with van der Waals surface area (Å²) in [5.74, 6) is 1.22. The molecule has 2 heterocycles. The Kier molecular flexibility index (Phi) is 7.90. The van der Waals surface area contributed by atoms with Gasteiger partial charge in [-0.3, -0.25) is 14.7 Å². The largest absolute Gasteiger partial charge is 0.352 e. The van der Waals surface area contributed by atoms with Gasteiger partial charge in [0.05, 0.1) is 12.1 Å². The van der Waals surface area contributed by atoms with E-state index in [4.69, 9.17) is 4.99 Å². The molecular weight excluding hydrogens is 525 g/mol. The number of hydrogen-bond donors (Lipinski definition) is 3. The van der Waals surface area contributed by atoms with Gasteiger partial charge in [-0.15, -0.1) is 24.0 Å². The molecule has 3 aliphatic rings. The smallest absolute Gasteiger partial charge is 0.227 e. The monoisotopic (exact) mass is 559 g/mol. The first-order chi connectivity index (χ1) is 15.7. The number of anilines is 1. The molecule has 1 spiro atoms. The van der Waals surface area contributed by atoms with Crippen molar-refractivity contribution in [1.29, 1.82) is 0 Å². The molecule has 5 rings (SSSR count). The highest BCUT2D eigenvalue weighted by molar-refractivity contribution is 14.0. The molecule has 3 N–H and O–H groups in total. The number of amides is 1. The van der Waals surface area contributed by atoms with Crippen molar-refractivity contribution in [2.75, 3.05) is 25.0 Å². The lowest BCUT2D eigenvalue weighted by Crippen LogP contribution is -2.50. The van der Waals surface area contributed by atoms with Crippen molar-refractivity contribution in [2.24, 2.45) is 10.9 Å². The molecule has 2 aromatic rings. The maximum absolute atomic E-state index is 12.4. The molecule has 2 aliphatic heterocycles. The number of aliphatic imine (C=N–C) groups is 1. The third-order valence-corrected chi connectivity index (χ3v) is 6.99. The molecular formula is C26H34IN5O. The van der Waals surface area contributed by atoms with E-state index < -0.39 is 0 Å². The molecule has 1 aliphatic carbocycles. The second-order valence-electron chi connectivity index (χ2n) is 9.54. The first-order valence-electron chi connectivity index (χ1n) is 11.9. The first kappa shape index (κ1) is 24.0. The maximum atomic E-state index is 12.4. The summed E-state index contributed by atoms with van der Waals surface area (Å²) in [7, 11) is 0. The highest BCUT2D eigenvalue weighted by atomic mass is 127. The number of benzene rings is 2. The SMILES string of the molecule is I.O=C(Nc1cccc(CNC2=NCC3(CCN(Cc4ccccc4)C3)N2)c1)C1CCCC1. The number of carbonyl (C=O) groups is 1. The molecule has 33 heavy (non-hydrogen) atoms. The van der Waals surface area contributed by atoms with Gasteiger partial charge in [0, 0.05) is 37.8 Å². The summed E-state index contributed by atoms with van der Waals surface area (Å²) < 4.78 is 0. The van der Waals surface area contributed by atoms with E-state index in [-0.39, 0.29) is 41.3 Å². The van der Waals surface area contributed by atoms with Crippen LogP contribution in [0.15, 0.2) is 59.6 Å². The fourth-order valence-electron chi connectivity index (χ4n) is 5.20. The standard InChI is InChI=1S/C26H33N5O.HI/c32-24(22-10-4-5-11-22)29-23-12-6-9-21(15-23)16-27-25-28-18-26(30-25)13-14-31(19-26)17-20-7-2-1-3-8-20;/h1-3,6-9,12,15,22H,4-5,10-11,13-14,16-19H2,(H,29,32)(H2,27,28,30);1H. The number of nitrogens with one attached hydrogen (secondary N) is 3. The molecule has 7 heteroatoms. The van der Waals surface area contributed by atoms with Gasteiger partial charge < -0.3 is 16.0 Å². The normalized spacial score (nSPS) is 22.6. The van der Waals surface area contributed by atoms with E-state index in [9.17, 15) is 4.79 Å². The van der Waals surface area contributed by atoms with Crippen LogP contribution in [0.25, 0.3) is 0 Å². The third-order valence-electron chi connectivity index (χ3n) is 6.99. The van der Waals surface area contributed by atoms with Gasteiger partial charge >= 0.3 is 0 Å². The Balaban J connectivity index is 0.00000259. The summed E-state index contributed by atoms with van der Waals surface area (Å²) in [6, 6.07) is 18.8. The van der Waals surface area contributed by atoms with Gasteiger partial charge in [-0.25, -0.2) is 0 Å². The molecule has 1 unspecified atom stereocenters. The van der Waals surface area contributed by atoms with Crippen LogP contribution in [0, 0.1) is 5.92 Å². The van der Waals surface area contributed by atoms with Crippen molar-refractivity contribution in [1.82, 2.24) is 15.5 Å². The fraction of sp³-hybridized carbons (Fsp3) is 0.462. The Hall–Kier alpha value is -2.13. The van der Waals surface area contributed by atoms with Crippen molar-refractivity contribution in [2.45, 2.75) is 50.7 Å². The number of halogens is 1. The minimum atomic E-state index is 0. The molecule has 6 nitrogen and oxygen atoms in total. The van der Waals surface area contributed by atoms with E-state index in [2.05, 4.69) is 63.3 Å². The zero-order valence-electron chi connectivity index (χ0n) is 19.1. The predicted molar refractivity (Wildman–Crippen MR) is 144 cm³/mol. The number of rotatable bonds is 6. The van der Waals surface area contributed by atoms with Crippen LogP contribution in [-0.2, 0) is 17.9 Å². The summed E-state index contributed by atoms with van der Waals surface area (Å²) >= 11 is 0. The zero-order chi connectivity index (χ0) is 21.8. The van der Waals surface area contributed by atoms with Crippen molar-refractivity contribution >= 4 is 41.5 Å². The van der Waals surface area contributed by atoms with E-state index in [0.717, 1.165) is 62.7 Å². The lowest BCUT2D eigenvalue weighted by Gasteiger charge is -2.25. The van der Waals surface area contributed by atoms with Crippen molar-refractivity contribution < 1.29 is 4.79 Å². The van der Waals surface area contributed by atoms with E-state index in [1.54, 1.807) is 0 Å². The van der Waals surface area contributed by atoms with Crippen molar-refractivity contribution in [3.05, 3.63) is 65.7 Å². The van der Waals surface area contributed by atoms with Crippen LogP contribution in [0.3, 0.4) is 0 Å². The van der Waals surface area contributed by atoms with E-state index in [0.29, 0.717) is 6.54 Å². The fourth-order valence-corrected chi connectivity index (χ4v) is 5.20. The van der Waals surface area contributed by atoms with Gasteiger partial charge in [-0.05, 0) is 42.5 Å². The second-order valence-corrected chi connectivity index (χ2v) is 9.54. The summed E-state index contributed by atoms with van der Waals surface area (Å²) in [4.78, 5) is 19.7. The number of likely N-dealkylation sites (tertiary alicyclic amines) is 1. The number of guanidine groups is 1. The van der Waals surface area contributed by atoms with Crippen LogP contribution < -0.4 is 16.0 Å². The van der Waals surface area contributed by atoms with Gasteiger partial charge in [0.15, 0.2) is 5.96 Å². The van der Waals surface area contributed by atoms with Crippen LogP contribution in [-0.4, -0.2) is 41.9 Å². The Labute approximate surface area is 213 Å². The molecule has 1 amide bonds. The summed E-state index contributed by atoms with van der Waals surface area (Å²) in [5.41, 5.74) is 3.43. The minimum Gasteiger partial charge on any atom is -0.352 e. The average molecular weight is 559 g/mol. The topological polar surface area (TPSA) is 68.8 Å². The Morgan fingerprint density at radius 2 is 1.88 bits per heavy atom. The molecule has 0 radical (unpaired) electrons. The number of nitrogens with zero attached hydrogens (tertiary/aromatic N) is 2. The van der Waals surface area contributed by atoms with Gasteiger partial charge in [-0.2, -0.15) is 0 Å². The second kappa shape index (κ2) is 10.9. The summed E-state index contributed by atoms with van der Waals surface area (Å²) in [6.45, 7) is 4.60. The third kappa shape index (κ3) is 6.06. The molecule has 1 atom stereocenters. The van der Waals surface area contributed by atoms with E-state index in [1.807, 2.05) is 12.1 Å².